The van der Waals surface area contributed by atoms with Crippen molar-refractivity contribution >= 4 is 5.97 Å². The Morgan fingerprint density at radius 3 is 3.00 bits per heavy atom. The highest BCUT2D eigenvalue weighted by Gasteiger charge is 2.09. The normalized spacial score (nSPS) is 10.4. The molecule has 0 unspecified atom stereocenters. The molecule has 0 saturated heterocycles. The van der Waals surface area contributed by atoms with E-state index < -0.39 is 0 Å². The number of ether oxygens (including phenoxy) is 1. The highest BCUT2D eigenvalue weighted by Crippen LogP contribution is 2.19. The van der Waals surface area contributed by atoms with Crippen LogP contribution in [0.1, 0.15) is 11.6 Å². The molecule has 84 valence electrons. The van der Waals surface area contributed by atoms with E-state index in [1.165, 1.54) is 7.11 Å². The first-order valence-electron chi connectivity index (χ1n) is 4.86. The number of carbonyl (C=O) groups is 1. The zero-order valence-electron chi connectivity index (χ0n) is 9.11. The lowest BCUT2D eigenvalue weighted by Crippen LogP contribution is -2.05. The molecule has 0 amide bonds. The van der Waals surface area contributed by atoms with Crippen molar-refractivity contribution in [3.63, 3.8) is 0 Å². The fourth-order valence-corrected chi connectivity index (χ4v) is 1.37. The summed E-state index contributed by atoms with van der Waals surface area (Å²) in [5.41, 5.74) is 0.756. The van der Waals surface area contributed by atoms with Crippen molar-refractivity contribution in [2.24, 2.45) is 0 Å². The van der Waals surface area contributed by atoms with Crippen molar-refractivity contribution in [3.05, 3.63) is 29.9 Å². The van der Waals surface area contributed by atoms with Gasteiger partial charge in [0.15, 0.2) is 5.76 Å². The molecule has 2 heterocycles. The third kappa shape index (κ3) is 2.13. The van der Waals surface area contributed by atoms with E-state index in [2.05, 4.69) is 14.7 Å². The van der Waals surface area contributed by atoms with Gasteiger partial charge in [-0.2, -0.15) is 0 Å². The molecule has 2 aromatic rings. The first-order valence-corrected chi connectivity index (χ1v) is 4.86. The number of aryl methyl sites for hydroxylation is 1. The van der Waals surface area contributed by atoms with E-state index >= 15 is 0 Å². The monoisotopic (exact) mass is 220 g/mol. The molecular weight excluding hydrogens is 208 g/mol. The second kappa shape index (κ2) is 4.22. The van der Waals surface area contributed by atoms with Crippen molar-refractivity contribution in [2.45, 2.75) is 13.3 Å². The van der Waals surface area contributed by atoms with E-state index in [4.69, 9.17) is 4.42 Å². The van der Waals surface area contributed by atoms with Gasteiger partial charge in [0.2, 0.25) is 0 Å². The summed E-state index contributed by atoms with van der Waals surface area (Å²) in [4.78, 5) is 18.1. The average molecular weight is 220 g/mol. The highest BCUT2D eigenvalue weighted by molar-refractivity contribution is 5.71. The topological polar surface area (TPSA) is 68.1 Å². The van der Waals surface area contributed by atoms with Crippen LogP contribution in [0.3, 0.4) is 0 Å². The van der Waals surface area contributed by atoms with Crippen molar-refractivity contribution < 1.29 is 13.9 Å². The second-order valence-electron chi connectivity index (χ2n) is 3.41. The number of aromatic amines is 1. The lowest BCUT2D eigenvalue weighted by atomic mass is 10.3. The third-order valence-electron chi connectivity index (χ3n) is 2.17. The number of furan rings is 1. The van der Waals surface area contributed by atoms with Crippen LogP contribution in [-0.2, 0) is 16.0 Å². The molecule has 5 heteroatoms. The molecule has 0 aliphatic rings. The molecule has 0 aromatic carbocycles. The van der Waals surface area contributed by atoms with Gasteiger partial charge in [0.1, 0.15) is 23.7 Å². The first kappa shape index (κ1) is 10.5. The van der Waals surface area contributed by atoms with Crippen molar-refractivity contribution in [2.75, 3.05) is 7.11 Å². The fraction of sp³-hybridized carbons (Fsp3) is 0.273. The molecule has 5 nitrogen and oxygen atoms in total. The van der Waals surface area contributed by atoms with Crippen LogP contribution in [-0.4, -0.2) is 23.0 Å². The van der Waals surface area contributed by atoms with Crippen LogP contribution in [0.15, 0.2) is 22.7 Å². The van der Waals surface area contributed by atoms with E-state index in [1.807, 2.05) is 19.1 Å². The SMILES string of the molecule is COC(=O)Cc1ncc(-c2ccc(C)o2)[nH]1. The van der Waals surface area contributed by atoms with Crippen LogP contribution in [0.5, 0.6) is 0 Å². The Labute approximate surface area is 92.4 Å². The van der Waals surface area contributed by atoms with Crippen LogP contribution in [0.4, 0.5) is 0 Å². The summed E-state index contributed by atoms with van der Waals surface area (Å²) in [5.74, 6) is 1.78. The summed E-state index contributed by atoms with van der Waals surface area (Å²) in [5, 5.41) is 0. The molecule has 0 fully saturated rings. The van der Waals surface area contributed by atoms with Crippen LogP contribution < -0.4 is 0 Å². The third-order valence-corrected chi connectivity index (χ3v) is 2.17. The van der Waals surface area contributed by atoms with E-state index in [1.54, 1.807) is 6.20 Å². The number of rotatable bonds is 3. The molecule has 0 saturated carbocycles. The summed E-state index contributed by atoms with van der Waals surface area (Å²) in [6.45, 7) is 1.87. The molecule has 2 aromatic heterocycles. The molecule has 0 aliphatic carbocycles. The molecule has 0 aliphatic heterocycles. The zero-order valence-corrected chi connectivity index (χ0v) is 9.11. The van der Waals surface area contributed by atoms with Crippen molar-refractivity contribution in [3.8, 4) is 11.5 Å². The Bertz CT molecular complexity index is 499. The maximum atomic E-state index is 11.0. The van der Waals surface area contributed by atoms with Gasteiger partial charge >= 0.3 is 5.97 Å². The van der Waals surface area contributed by atoms with Crippen LogP contribution in [0, 0.1) is 6.92 Å². The molecule has 0 atom stereocenters. The first-order chi connectivity index (χ1) is 7.69. The number of nitrogens with one attached hydrogen (secondary N) is 1. The van der Waals surface area contributed by atoms with Crippen molar-refractivity contribution in [1.82, 2.24) is 9.97 Å². The van der Waals surface area contributed by atoms with E-state index in [0.29, 0.717) is 11.6 Å². The Morgan fingerprint density at radius 1 is 1.56 bits per heavy atom. The van der Waals surface area contributed by atoms with Gasteiger partial charge < -0.3 is 14.1 Å². The minimum atomic E-state index is -0.323. The number of esters is 1. The summed E-state index contributed by atoms with van der Waals surface area (Å²) in [6.07, 6.45) is 1.77. The van der Waals surface area contributed by atoms with E-state index in [0.717, 1.165) is 11.5 Å². The maximum Gasteiger partial charge on any atom is 0.313 e. The quantitative estimate of drug-likeness (QED) is 0.799. The zero-order chi connectivity index (χ0) is 11.5. The van der Waals surface area contributed by atoms with Crippen LogP contribution in [0.2, 0.25) is 0 Å². The summed E-state index contributed by atoms with van der Waals surface area (Å²) in [7, 11) is 1.35. The predicted octanol–water partition coefficient (Wildman–Crippen LogP) is 1.69. The van der Waals surface area contributed by atoms with Gasteiger partial charge in [0, 0.05) is 0 Å². The number of H-pyrrole nitrogens is 1. The number of nitrogens with zero attached hydrogens (tertiary/aromatic N) is 1. The van der Waals surface area contributed by atoms with Gasteiger partial charge in [-0.25, -0.2) is 4.98 Å². The number of methoxy groups -OCH3 is 1. The largest absolute Gasteiger partial charge is 0.469 e. The minimum absolute atomic E-state index is 0.135. The minimum Gasteiger partial charge on any atom is -0.469 e. The Kier molecular flexibility index (Phi) is 2.76. The Hall–Kier alpha value is -2.04. The molecular formula is C11H12N2O3. The molecule has 0 radical (unpaired) electrons. The molecule has 16 heavy (non-hydrogen) atoms. The number of hydrogen-bond donors (Lipinski definition) is 1. The molecule has 1 N–H and O–H groups in total. The summed E-state index contributed by atoms with van der Waals surface area (Å²) >= 11 is 0. The summed E-state index contributed by atoms with van der Waals surface area (Å²) < 4.78 is 9.98. The van der Waals surface area contributed by atoms with E-state index in [-0.39, 0.29) is 12.4 Å². The van der Waals surface area contributed by atoms with Gasteiger partial charge in [0.25, 0.3) is 0 Å². The standard InChI is InChI=1S/C11H12N2O3/c1-7-3-4-9(16-7)8-6-12-10(13-8)5-11(14)15-2/h3-4,6H,5H2,1-2H3,(H,12,13). The van der Waals surface area contributed by atoms with Gasteiger partial charge in [0.05, 0.1) is 13.3 Å². The average Bonchev–Trinajstić information content (AvgIpc) is 2.87. The smallest absolute Gasteiger partial charge is 0.313 e. The number of hydrogen-bond acceptors (Lipinski definition) is 4. The fourth-order valence-electron chi connectivity index (χ4n) is 1.37. The Balaban J connectivity index is 2.16. The number of aromatic nitrogens is 2. The number of imidazole rings is 1. The molecule has 0 bridgehead atoms. The lowest BCUT2D eigenvalue weighted by molar-refractivity contribution is -0.139. The van der Waals surface area contributed by atoms with Gasteiger partial charge in [-0.1, -0.05) is 0 Å². The van der Waals surface area contributed by atoms with E-state index in [9.17, 15) is 4.79 Å². The lowest BCUT2D eigenvalue weighted by Gasteiger charge is -1.94. The van der Waals surface area contributed by atoms with Gasteiger partial charge in [-0.05, 0) is 19.1 Å². The second-order valence-corrected chi connectivity index (χ2v) is 3.41. The number of carbonyl (C=O) groups excluding carboxylic acids is 1. The molecule has 2 rings (SSSR count). The van der Waals surface area contributed by atoms with Gasteiger partial charge in [-0.15, -0.1) is 0 Å². The van der Waals surface area contributed by atoms with Gasteiger partial charge in [-0.3, -0.25) is 4.79 Å². The molecule has 0 spiro atoms. The van der Waals surface area contributed by atoms with Crippen LogP contribution >= 0.6 is 0 Å². The van der Waals surface area contributed by atoms with Crippen molar-refractivity contribution in [1.29, 1.82) is 0 Å². The highest BCUT2D eigenvalue weighted by atomic mass is 16.5. The summed E-state index contributed by atoms with van der Waals surface area (Å²) in [6, 6.07) is 3.72. The van der Waals surface area contributed by atoms with Crippen LogP contribution in [0.25, 0.3) is 11.5 Å². The Morgan fingerprint density at radius 2 is 2.38 bits per heavy atom. The predicted molar refractivity (Wildman–Crippen MR) is 56.7 cm³/mol. The maximum absolute atomic E-state index is 11.0.